The topological polar surface area (TPSA) is 55.6 Å². The van der Waals surface area contributed by atoms with Gasteiger partial charge in [0.05, 0.1) is 18.2 Å². The summed E-state index contributed by atoms with van der Waals surface area (Å²) in [5.74, 6) is 1.43. The van der Waals surface area contributed by atoms with Crippen LogP contribution in [0.4, 0.5) is 0 Å². The van der Waals surface area contributed by atoms with Gasteiger partial charge in [-0.25, -0.2) is 0 Å². The fourth-order valence-electron chi connectivity index (χ4n) is 3.54. The molecule has 2 N–H and O–H groups in total. The third kappa shape index (κ3) is 4.16. The molecule has 4 heteroatoms. The molecular weight excluding hydrogens is 336 g/mol. The number of nitrogens with two attached hydrogens (primary N) is 1. The molecule has 0 aromatic heterocycles. The van der Waals surface area contributed by atoms with E-state index >= 15 is 0 Å². The predicted molar refractivity (Wildman–Crippen MR) is 109 cm³/mol. The Kier molecular flexibility index (Phi) is 6.17. The number of benzene rings is 2. The largest absolute Gasteiger partial charge is 0.494 e. The maximum atomic E-state index is 13.2. The molecule has 1 heterocycles. The number of carbonyl (C=O) groups excluding carboxylic acids is 1. The van der Waals surface area contributed by atoms with Gasteiger partial charge in [0.2, 0.25) is 0 Å². The number of ether oxygens (including phenoxy) is 1. The molecule has 0 aliphatic carbocycles. The number of carbonyl (C=O) groups is 1. The lowest BCUT2D eigenvalue weighted by Crippen LogP contribution is -2.37. The van der Waals surface area contributed by atoms with Crippen molar-refractivity contribution in [2.24, 2.45) is 5.73 Å². The summed E-state index contributed by atoms with van der Waals surface area (Å²) in [7, 11) is 0. The van der Waals surface area contributed by atoms with Crippen LogP contribution in [0.5, 0.6) is 5.75 Å². The number of rotatable bonds is 8. The summed E-state index contributed by atoms with van der Waals surface area (Å²) < 4.78 is 5.80. The Morgan fingerprint density at radius 3 is 2.56 bits per heavy atom. The molecule has 0 saturated heterocycles. The zero-order chi connectivity index (χ0) is 19.2. The van der Waals surface area contributed by atoms with Crippen molar-refractivity contribution in [1.29, 1.82) is 0 Å². The van der Waals surface area contributed by atoms with Gasteiger partial charge in [-0.15, -0.1) is 0 Å². The molecule has 4 nitrogen and oxygen atoms in total. The first-order valence-corrected chi connectivity index (χ1v) is 9.73. The number of likely N-dealkylation sites (N-methyl/N-ethyl adjacent to an activating group) is 1. The van der Waals surface area contributed by atoms with Gasteiger partial charge in [0.15, 0.2) is 5.78 Å². The molecule has 27 heavy (non-hydrogen) atoms. The highest BCUT2D eigenvalue weighted by atomic mass is 16.5. The molecule has 142 valence electrons. The lowest BCUT2D eigenvalue weighted by molar-refractivity contribution is -0.116. The highest BCUT2D eigenvalue weighted by molar-refractivity contribution is 6.26. The van der Waals surface area contributed by atoms with Gasteiger partial charge in [-0.2, -0.15) is 0 Å². The van der Waals surface area contributed by atoms with E-state index in [1.54, 1.807) is 0 Å². The van der Waals surface area contributed by atoms with Gasteiger partial charge in [-0.05, 0) is 36.6 Å². The molecule has 0 bridgehead atoms. The molecule has 1 unspecified atom stereocenters. The summed E-state index contributed by atoms with van der Waals surface area (Å²) in [5.41, 5.74) is 9.00. The summed E-state index contributed by atoms with van der Waals surface area (Å²) >= 11 is 0. The van der Waals surface area contributed by atoms with E-state index in [9.17, 15) is 4.79 Å². The zero-order valence-corrected chi connectivity index (χ0v) is 16.2. The van der Waals surface area contributed by atoms with Gasteiger partial charge in [0.25, 0.3) is 0 Å². The molecule has 1 aliphatic heterocycles. The third-order valence-corrected chi connectivity index (χ3v) is 4.99. The molecular formula is C23H28N2O2. The van der Waals surface area contributed by atoms with E-state index < -0.39 is 0 Å². The molecule has 1 aliphatic rings. The second-order valence-corrected chi connectivity index (χ2v) is 6.85. The molecule has 2 aromatic rings. The van der Waals surface area contributed by atoms with Crippen LogP contribution in [0.25, 0.3) is 5.57 Å². The number of Topliss-reactive ketones (excluding diaryl/α,β-unsaturated/α-hetero) is 1. The average Bonchev–Trinajstić information content (AvgIpc) is 2.92. The summed E-state index contributed by atoms with van der Waals surface area (Å²) in [6.07, 6.45) is 2.75. The average molecular weight is 364 g/mol. The number of nitrogens with zero attached hydrogens (tertiary/aromatic N) is 1. The number of unbranched alkanes of at least 4 members (excludes halogenated alkanes) is 1. The minimum absolute atomic E-state index is 0.0870. The molecule has 1 atom stereocenters. The molecule has 0 amide bonds. The Morgan fingerprint density at radius 1 is 1.07 bits per heavy atom. The molecule has 2 aromatic carbocycles. The van der Waals surface area contributed by atoms with E-state index in [0.29, 0.717) is 31.0 Å². The lowest BCUT2D eigenvalue weighted by atomic mass is 9.96. The number of hydrogen-bond donors (Lipinski definition) is 1. The molecule has 3 rings (SSSR count). The van der Waals surface area contributed by atoms with Crippen molar-refractivity contribution < 1.29 is 9.53 Å². The highest BCUT2D eigenvalue weighted by Crippen LogP contribution is 2.33. The van der Waals surface area contributed by atoms with E-state index in [1.807, 2.05) is 54.3 Å². The van der Waals surface area contributed by atoms with Crippen LogP contribution in [0.15, 0.2) is 60.4 Å². The summed E-state index contributed by atoms with van der Waals surface area (Å²) in [6, 6.07) is 17.5. The first-order valence-electron chi connectivity index (χ1n) is 9.73. The van der Waals surface area contributed by atoms with Crippen molar-refractivity contribution >= 4 is 11.4 Å². The second kappa shape index (κ2) is 8.76. The van der Waals surface area contributed by atoms with E-state index in [-0.39, 0.29) is 11.8 Å². The maximum absolute atomic E-state index is 13.2. The Balaban J connectivity index is 1.85. The van der Waals surface area contributed by atoms with E-state index in [0.717, 1.165) is 29.7 Å². The van der Waals surface area contributed by atoms with Gasteiger partial charge in [-0.1, -0.05) is 55.8 Å². The Bertz CT molecular complexity index is 814. The lowest BCUT2D eigenvalue weighted by Gasteiger charge is -2.25. The molecule has 0 spiro atoms. The third-order valence-electron chi connectivity index (χ3n) is 4.99. The van der Waals surface area contributed by atoms with Crippen LogP contribution in [0.1, 0.15) is 37.8 Å². The first kappa shape index (κ1) is 19.0. The van der Waals surface area contributed by atoms with Crippen LogP contribution in [0.2, 0.25) is 0 Å². The van der Waals surface area contributed by atoms with Gasteiger partial charge in [0.1, 0.15) is 11.6 Å². The Morgan fingerprint density at radius 2 is 1.85 bits per heavy atom. The van der Waals surface area contributed by atoms with Crippen molar-refractivity contribution in [3.05, 3.63) is 71.5 Å². The summed E-state index contributed by atoms with van der Waals surface area (Å²) in [5, 5.41) is 0. The maximum Gasteiger partial charge on any atom is 0.189 e. The number of ketones is 1. The second-order valence-electron chi connectivity index (χ2n) is 6.85. The van der Waals surface area contributed by atoms with Gasteiger partial charge in [0, 0.05) is 13.0 Å². The van der Waals surface area contributed by atoms with Crippen molar-refractivity contribution in [3.63, 3.8) is 0 Å². The van der Waals surface area contributed by atoms with Crippen molar-refractivity contribution in [2.75, 3.05) is 13.2 Å². The fourth-order valence-corrected chi connectivity index (χ4v) is 3.54. The normalized spacial score (nSPS) is 16.9. The quantitative estimate of drug-likeness (QED) is 0.719. The van der Waals surface area contributed by atoms with Crippen LogP contribution >= 0.6 is 0 Å². The van der Waals surface area contributed by atoms with Gasteiger partial charge in [-0.3, -0.25) is 4.79 Å². The van der Waals surface area contributed by atoms with Crippen molar-refractivity contribution in [1.82, 2.24) is 4.90 Å². The standard InChI is InChI=1S/C23H28N2O2/c1-3-5-14-27-19-13-9-12-18(16-19)21-22(26)20(25(4-2)23(21)24)15-17-10-7-6-8-11-17/h6-13,16,20H,3-5,14-15,24H2,1-2H3. The minimum atomic E-state index is -0.253. The van der Waals surface area contributed by atoms with E-state index in [2.05, 4.69) is 19.1 Å². The van der Waals surface area contributed by atoms with Crippen LogP contribution in [-0.4, -0.2) is 29.9 Å². The van der Waals surface area contributed by atoms with Crippen LogP contribution < -0.4 is 10.5 Å². The smallest absolute Gasteiger partial charge is 0.189 e. The van der Waals surface area contributed by atoms with Crippen LogP contribution in [0, 0.1) is 0 Å². The van der Waals surface area contributed by atoms with Crippen molar-refractivity contribution in [2.45, 2.75) is 39.2 Å². The van der Waals surface area contributed by atoms with Crippen molar-refractivity contribution in [3.8, 4) is 5.75 Å². The van der Waals surface area contributed by atoms with Gasteiger partial charge >= 0.3 is 0 Å². The van der Waals surface area contributed by atoms with Crippen LogP contribution in [-0.2, 0) is 11.2 Å². The minimum Gasteiger partial charge on any atom is -0.494 e. The van der Waals surface area contributed by atoms with E-state index in [4.69, 9.17) is 10.5 Å². The SMILES string of the molecule is CCCCOc1cccc(C2=C(N)N(CC)C(Cc3ccccc3)C2=O)c1. The fraction of sp³-hybridized carbons (Fsp3) is 0.348. The Hall–Kier alpha value is -2.75. The molecule has 0 radical (unpaired) electrons. The zero-order valence-electron chi connectivity index (χ0n) is 16.2. The van der Waals surface area contributed by atoms with Gasteiger partial charge < -0.3 is 15.4 Å². The van der Waals surface area contributed by atoms with E-state index in [1.165, 1.54) is 0 Å². The molecule has 0 saturated carbocycles. The summed E-state index contributed by atoms with van der Waals surface area (Å²) in [6.45, 7) is 5.55. The van der Waals surface area contributed by atoms with Crippen LogP contribution in [0.3, 0.4) is 0 Å². The predicted octanol–water partition coefficient (Wildman–Crippen LogP) is 4.01. The highest BCUT2D eigenvalue weighted by Gasteiger charge is 2.38. The Labute approximate surface area is 161 Å². The summed E-state index contributed by atoms with van der Waals surface area (Å²) in [4.78, 5) is 15.3. The monoisotopic (exact) mass is 364 g/mol. The number of hydrogen-bond acceptors (Lipinski definition) is 4. The first-order chi connectivity index (χ1) is 13.2. The molecule has 0 fully saturated rings.